The van der Waals surface area contributed by atoms with Gasteiger partial charge in [0.25, 0.3) is 11.8 Å². The van der Waals surface area contributed by atoms with Gasteiger partial charge in [0.1, 0.15) is 10.8 Å². The normalized spacial score (nSPS) is 13.4. The van der Waals surface area contributed by atoms with Crippen LogP contribution in [-0.2, 0) is 22.6 Å². The van der Waals surface area contributed by atoms with Crippen LogP contribution in [0.1, 0.15) is 41.6 Å². The van der Waals surface area contributed by atoms with Crippen molar-refractivity contribution in [1.82, 2.24) is 10.1 Å². The van der Waals surface area contributed by atoms with E-state index in [2.05, 4.69) is 29.3 Å². The fraction of sp³-hybridized carbons (Fsp3) is 0.381. The molecule has 1 aromatic carbocycles. The second-order valence-electron chi connectivity index (χ2n) is 7.22. The Hall–Kier alpha value is -2.71. The van der Waals surface area contributed by atoms with Gasteiger partial charge < -0.3 is 19.3 Å². The molecule has 0 unspecified atom stereocenters. The minimum atomic E-state index is -0.241. The van der Waals surface area contributed by atoms with Gasteiger partial charge in [-0.15, -0.1) is 11.3 Å². The van der Waals surface area contributed by atoms with Crippen LogP contribution in [0.25, 0.3) is 11.5 Å². The minimum Gasteiger partial charge on any atom is -0.484 e. The van der Waals surface area contributed by atoms with Crippen molar-refractivity contribution in [2.24, 2.45) is 0 Å². The predicted octanol–water partition coefficient (Wildman–Crippen LogP) is 4.32. The summed E-state index contributed by atoms with van der Waals surface area (Å²) in [5.74, 6) is 1.85. The summed E-state index contributed by atoms with van der Waals surface area (Å²) in [7, 11) is 0. The largest absolute Gasteiger partial charge is 0.484 e. The number of ether oxygens (including phenoxy) is 2. The number of amides is 1. The van der Waals surface area contributed by atoms with E-state index >= 15 is 0 Å². The number of rotatable bonds is 6. The number of carbonyl (C=O) groups excluding carboxylic acids is 1. The number of nitrogens with one attached hydrogen (secondary N) is 1. The van der Waals surface area contributed by atoms with Crippen molar-refractivity contribution in [3.05, 3.63) is 46.1 Å². The zero-order valence-electron chi connectivity index (χ0n) is 16.7. The van der Waals surface area contributed by atoms with E-state index in [9.17, 15) is 4.79 Å². The fourth-order valence-corrected chi connectivity index (χ4v) is 4.40. The third kappa shape index (κ3) is 4.33. The maximum absolute atomic E-state index is 12.5. The smallest absolute Gasteiger partial charge is 0.262 e. The Balaban J connectivity index is 1.48. The van der Waals surface area contributed by atoms with E-state index in [0.29, 0.717) is 41.6 Å². The van der Waals surface area contributed by atoms with E-state index in [1.807, 2.05) is 24.3 Å². The second kappa shape index (κ2) is 8.34. The van der Waals surface area contributed by atoms with Crippen molar-refractivity contribution < 1.29 is 18.8 Å². The second-order valence-corrected chi connectivity index (χ2v) is 8.32. The van der Waals surface area contributed by atoms with Crippen molar-refractivity contribution >= 4 is 22.2 Å². The molecule has 3 aromatic rings. The quantitative estimate of drug-likeness (QED) is 0.648. The third-order valence-electron chi connectivity index (χ3n) is 4.73. The summed E-state index contributed by atoms with van der Waals surface area (Å²) in [6.07, 6.45) is 0.747. The molecule has 0 radical (unpaired) electrons. The Morgan fingerprint density at radius 2 is 2.10 bits per heavy atom. The minimum absolute atomic E-state index is 0.0810. The molecule has 1 amide bonds. The average molecular weight is 413 g/mol. The molecule has 4 rings (SSSR count). The van der Waals surface area contributed by atoms with Crippen molar-refractivity contribution in [2.75, 3.05) is 18.5 Å². The Morgan fingerprint density at radius 3 is 2.79 bits per heavy atom. The molecule has 1 aliphatic rings. The van der Waals surface area contributed by atoms with E-state index in [0.717, 1.165) is 22.4 Å². The van der Waals surface area contributed by atoms with Crippen LogP contribution in [0.4, 0.5) is 5.00 Å². The van der Waals surface area contributed by atoms with Crippen molar-refractivity contribution in [1.29, 1.82) is 0 Å². The van der Waals surface area contributed by atoms with E-state index in [4.69, 9.17) is 14.0 Å². The molecule has 8 heteroatoms. The Morgan fingerprint density at radius 1 is 1.31 bits per heavy atom. The monoisotopic (exact) mass is 413 g/mol. The van der Waals surface area contributed by atoms with Gasteiger partial charge >= 0.3 is 0 Å². The Bertz CT molecular complexity index is 1010. The van der Waals surface area contributed by atoms with Crippen LogP contribution in [0.15, 0.2) is 28.8 Å². The molecule has 0 spiro atoms. The van der Waals surface area contributed by atoms with Crippen LogP contribution in [0.5, 0.6) is 5.75 Å². The lowest BCUT2D eigenvalue weighted by atomic mass is 10.0. The number of aryl methyl sites for hydroxylation is 1. The summed E-state index contributed by atoms with van der Waals surface area (Å²) < 4.78 is 16.6. The highest BCUT2D eigenvalue weighted by Gasteiger charge is 2.26. The van der Waals surface area contributed by atoms with Gasteiger partial charge in [0.2, 0.25) is 0 Å². The SMILES string of the molecule is Cc1noc(-c2c(NC(=O)COc3ccc(C(C)C)cc3)sc3c2CCOC3)n1. The summed E-state index contributed by atoms with van der Waals surface area (Å²) in [5, 5.41) is 7.52. The average Bonchev–Trinajstić information content (AvgIpc) is 3.29. The maximum Gasteiger partial charge on any atom is 0.262 e. The molecule has 0 atom stereocenters. The van der Waals surface area contributed by atoms with E-state index < -0.39 is 0 Å². The number of fused-ring (bicyclic) bond motifs is 1. The number of carbonyl (C=O) groups is 1. The van der Waals surface area contributed by atoms with Crippen LogP contribution in [0.3, 0.4) is 0 Å². The summed E-state index contributed by atoms with van der Waals surface area (Å²) in [4.78, 5) is 18.0. The van der Waals surface area contributed by atoms with Crippen LogP contribution in [-0.4, -0.2) is 29.3 Å². The molecular weight excluding hydrogens is 390 g/mol. The Kier molecular flexibility index (Phi) is 5.64. The van der Waals surface area contributed by atoms with Gasteiger partial charge in [-0.1, -0.05) is 31.1 Å². The first-order valence-electron chi connectivity index (χ1n) is 9.57. The van der Waals surface area contributed by atoms with Gasteiger partial charge in [-0.25, -0.2) is 0 Å². The van der Waals surface area contributed by atoms with Gasteiger partial charge in [0, 0.05) is 4.88 Å². The van der Waals surface area contributed by atoms with E-state index in [-0.39, 0.29) is 12.5 Å². The summed E-state index contributed by atoms with van der Waals surface area (Å²) >= 11 is 1.48. The number of hydrogen-bond donors (Lipinski definition) is 1. The molecule has 0 saturated heterocycles. The zero-order chi connectivity index (χ0) is 20.4. The van der Waals surface area contributed by atoms with E-state index in [1.165, 1.54) is 16.9 Å². The molecule has 1 N–H and O–H groups in total. The highest BCUT2D eigenvalue weighted by Crippen LogP contribution is 2.42. The van der Waals surface area contributed by atoms with Crippen LogP contribution in [0, 0.1) is 6.92 Å². The Labute approximate surface area is 173 Å². The molecule has 0 bridgehead atoms. The maximum atomic E-state index is 12.5. The molecular formula is C21H23N3O4S. The summed E-state index contributed by atoms with van der Waals surface area (Å²) in [6.45, 7) is 7.12. The van der Waals surface area contributed by atoms with Crippen molar-refractivity contribution in [3.63, 3.8) is 0 Å². The van der Waals surface area contributed by atoms with Gasteiger partial charge in [-0.3, -0.25) is 4.79 Å². The van der Waals surface area contributed by atoms with Gasteiger partial charge in [0.15, 0.2) is 12.4 Å². The van der Waals surface area contributed by atoms with Crippen LogP contribution in [0.2, 0.25) is 0 Å². The van der Waals surface area contributed by atoms with Crippen molar-refractivity contribution in [3.8, 4) is 17.2 Å². The fourth-order valence-electron chi connectivity index (χ4n) is 3.21. The number of thiophene rings is 1. The summed E-state index contributed by atoms with van der Waals surface area (Å²) in [5.41, 5.74) is 3.13. The predicted molar refractivity (Wildman–Crippen MR) is 110 cm³/mol. The number of nitrogens with zero attached hydrogens (tertiary/aromatic N) is 2. The molecule has 0 aliphatic carbocycles. The van der Waals surface area contributed by atoms with Crippen LogP contribution >= 0.6 is 11.3 Å². The lowest BCUT2D eigenvalue weighted by Crippen LogP contribution is -2.20. The third-order valence-corrected chi connectivity index (χ3v) is 5.85. The van der Waals surface area contributed by atoms with Crippen LogP contribution < -0.4 is 10.1 Å². The first-order chi connectivity index (χ1) is 14.0. The number of anilines is 1. The molecule has 152 valence electrons. The van der Waals surface area contributed by atoms with Gasteiger partial charge in [0.05, 0.1) is 18.8 Å². The standard InChI is InChI=1S/C21H23N3O4S/c1-12(2)14-4-6-15(7-5-14)27-11-18(25)23-21-19(20-22-13(3)24-28-20)16-8-9-26-10-17(16)29-21/h4-7,12H,8-11H2,1-3H3,(H,23,25). The van der Waals surface area contributed by atoms with E-state index in [1.54, 1.807) is 6.92 Å². The highest BCUT2D eigenvalue weighted by molar-refractivity contribution is 7.17. The number of hydrogen-bond acceptors (Lipinski definition) is 7. The number of benzene rings is 1. The molecule has 1 aliphatic heterocycles. The molecule has 0 fully saturated rings. The molecule has 29 heavy (non-hydrogen) atoms. The first kappa shape index (κ1) is 19.6. The van der Waals surface area contributed by atoms with Crippen molar-refractivity contribution in [2.45, 2.75) is 39.7 Å². The molecule has 2 aromatic heterocycles. The lowest BCUT2D eigenvalue weighted by Gasteiger charge is -2.12. The number of aromatic nitrogens is 2. The van der Waals surface area contributed by atoms with Gasteiger partial charge in [-0.2, -0.15) is 4.98 Å². The molecule has 7 nitrogen and oxygen atoms in total. The molecule has 0 saturated carbocycles. The molecule has 3 heterocycles. The lowest BCUT2D eigenvalue weighted by molar-refractivity contribution is -0.118. The zero-order valence-corrected chi connectivity index (χ0v) is 17.5. The topological polar surface area (TPSA) is 86.5 Å². The first-order valence-corrected chi connectivity index (χ1v) is 10.4. The van der Waals surface area contributed by atoms with Gasteiger partial charge in [-0.05, 0) is 42.5 Å². The summed E-state index contributed by atoms with van der Waals surface area (Å²) in [6, 6.07) is 7.80. The highest BCUT2D eigenvalue weighted by atomic mass is 32.1.